The molecule has 0 unspecified atom stereocenters. The van der Waals surface area contributed by atoms with Crippen LogP contribution in [0, 0.1) is 0 Å². The molecule has 3 N–H and O–H groups in total. The van der Waals surface area contributed by atoms with E-state index in [0.717, 1.165) is 0 Å². The molecule has 98 valence electrons. The Balaban J connectivity index is 2.27. The number of nitrogens with two attached hydrogens (primary N) is 1. The van der Waals surface area contributed by atoms with Crippen molar-refractivity contribution in [1.82, 2.24) is 9.97 Å². The predicted octanol–water partition coefficient (Wildman–Crippen LogP) is 3.27. The van der Waals surface area contributed by atoms with Crippen molar-refractivity contribution in [3.8, 4) is 0 Å². The molecule has 0 saturated carbocycles. The molecule has 0 spiro atoms. The molecule has 0 aliphatic carbocycles. The maximum Gasteiger partial charge on any atom is 0.275 e. The number of carbonyl (C=O) groups excluding carboxylic acids is 1. The molecule has 0 bridgehead atoms. The number of hydrogen-bond donors (Lipinski definition) is 2. The molecule has 1 aromatic carbocycles. The van der Waals surface area contributed by atoms with Crippen LogP contribution in [0.25, 0.3) is 0 Å². The summed E-state index contributed by atoms with van der Waals surface area (Å²) in [5, 5.41) is 3.39. The van der Waals surface area contributed by atoms with Gasteiger partial charge in [0.2, 0.25) is 0 Å². The summed E-state index contributed by atoms with van der Waals surface area (Å²) >= 11 is 17.6. The number of amides is 1. The Labute approximate surface area is 123 Å². The summed E-state index contributed by atoms with van der Waals surface area (Å²) < 4.78 is 0. The first kappa shape index (κ1) is 13.9. The second-order valence-corrected chi connectivity index (χ2v) is 4.75. The normalized spacial score (nSPS) is 10.3. The number of nitrogens with one attached hydrogen (secondary N) is 1. The van der Waals surface area contributed by atoms with Gasteiger partial charge >= 0.3 is 0 Å². The van der Waals surface area contributed by atoms with E-state index < -0.39 is 5.91 Å². The number of nitrogens with zero attached hydrogens (tertiary/aromatic N) is 2. The summed E-state index contributed by atoms with van der Waals surface area (Å²) in [7, 11) is 0. The number of benzene rings is 1. The van der Waals surface area contributed by atoms with Gasteiger partial charge in [-0.05, 0) is 12.1 Å². The smallest absolute Gasteiger partial charge is 0.275 e. The monoisotopic (exact) mass is 316 g/mol. The van der Waals surface area contributed by atoms with Crippen molar-refractivity contribution in [3.05, 3.63) is 45.3 Å². The summed E-state index contributed by atoms with van der Waals surface area (Å²) in [6.45, 7) is 0. The Morgan fingerprint density at radius 3 is 2.47 bits per heavy atom. The second kappa shape index (κ2) is 5.61. The quantitative estimate of drug-likeness (QED) is 0.833. The topological polar surface area (TPSA) is 80.9 Å². The van der Waals surface area contributed by atoms with E-state index in [1.165, 1.54) is 24.5 Å². The predicted molar refractivity (Wildman–Crippen MR) is 75.9 cm³/mol. The summed E-state index contributed by atoms with van der Waals surface area (Å²) in [4.78, 5) is 19.5. The van der Waals surface area contributed by atoms with Gasteiger partial charge in [0.25, 0.3) is 5.91 Å². The molecule has 2 aromatic rings. The van der Waals surface area contributed by atoms with Crippen molar-refractivity contribution in [1.29, 1.82) is 0 Å². The molecule has 0 aliphatic heterocycles. The molecule has 1 aromatic heterocycles. The van der Waals surface area contributed by atoms with E-state index in [9.17, 15) is 4.79 Å². The fourth-order valence-electron chi connectivity index (χ4n) is 1.30. The average molecular weight is 318 g/mol. The number of hydrogen-bond acceptors (Lipinski definition) is 4. The first-order chi connectivity index (χ1) is 8.97. The molecule has 0 aliphatic rings. The van der Waals surface area contributed by atoms with Crippen molar-refractivity contribution in [2.45, 2.75) is 0 Å². The molecule has 0 saturated heterocycles. The Bertz CT molecular complexity index is 648. The zero-order valence-corrected chi connectivity index (χ0v) is 11.6. The SMILES string of the molecule is Nc1cncc(C(=O)Nc2cc(Cl)c(Cl)cc2Cl)n1. The van der Waals surface area contributed by atoms with Gasteiger partial charge in [0.1, 0.15) is 11.5 Å². The van der Waals surface area contributed by atoms with E-state index in [-0.39, 0.29) is 21.6 Å². The molecular formula is C11H7Cl3N4O. The van der Waals surface area contributed by atoms with Crippen molar-refractivity contribution < 1.29 is 4.79 Å². The van der Waals surface area contributed by atoms with Crippen LogP contribution in [0.4, 0.5) is 11.5 Å². The van der Waals surface area contributed by atoms with Gasteiger partial charge in [0, 0.05) is 0 Å². The van der Waals surface area contributed by atoms with Gasteiger partial charge in [0.15, 0.2) is 0 Å². The van der Waals surface area contributed by atoms with E-state index in [2.05, 4.69) is 15.3 Å². The van der Waals surface area contributed by atoms with Crippen LogP contribution in [0.2, 0.25) is 15.1 Å². The molecule has 0 atom stereocenters. The number of rotatable bonds is 2. The lowest BCUT2D eigenvalue weighted by Gasteiger charge is -2.08. The summed E-state index contributed by atoms with van der Waals surface area (Å²) in [5.41, 5.74) is 5.84. The third-order valence-electron chi connectivity index (χ3n) is 2.14. The van der Waals surface area contributed by atoms with Gasteiger partial charge in [-0.25, -0.2) is 4.98 Å². The van der Waals surface area contributed by atoms with Crippen molar-refractivity contribution in [3.63, 3.8) is 0 Å². The Morgan fingerprint density at radius 1 is 1.11 bits per heavy atom. The molecule has 0 radical (unpaired) electrons. The van der Waals surface area contributed by atoms with Crippen LogP contribution in [0.5, 0.6) is 0 Å². The maximum atomic E-state index is 11.9. The van der Waals surface area contributed by atoms with E-state index in [1.54, 1.807) is 0 Å². The van der Waals surface area contributed by atoms with Crippen LogP contribution < -0.4 is 11.1 Å². The van der Waals surface area contributed by atoms with E-state index in [1.807, 2.05) is 0 Å². The molecule has 2 rings (SSSR count). The third kappa shape index (κ3) is 3.26. The standard InChI is InChI=1S/C11H7Cl3N4O/c12-5-1-7(14)8(2-6(5)13)18-11(19)9-3-16-4-10(15)17-9/h1-4H,(H2,15,17)(H,18,19). The van der Waals surface area contributed by atoms with Crippen LogP contribution in [0.3, 0.4) is 0 Å². The number of anilines is 2. The number of aromatic nitrogens is 2. The molecule has 1 heterocycles. The van der Waals surface area contributed by atoms with Gasteiger partial charge in [-0.2, -0.15) is 0 Å². The molecule has 19 heavy (non-hydrogen) atoms. The lowest BCUT2D eigenvalue weighted by Crippen LogP contribution is -2.15. The number of nitrogen functional groups attached to an aromatic ring is 1. The molecule has 1 amide bonds. The second-order valence-electron chi connectivity index (χ2n) is 3.53. The van der Waals surface area contributed by atoms with Crippen LogP contribution in [-0.2, 0) is 0 Å². The highest BCUT2D eigenvalue weighted by atomic mass is 35.5. The third-order valence-corrected chi connectivity index (χ3v) is 3.18. The Kier molecular flexibility index (Phi) is 4.09. The van der Waals surface area contributed by atoms with Crippen molar-refractivity contribution in [2.24, 2.45) is 0 Å². The van der Waals surface area contributed by atoms with Crippen LogP contribution >= 0.6 is 34.8 Å². The highest BCUT2D eigenvalue weighted by Crippen LogP contribution is 2.32. The van der Waals surface area contributed by atoms with Crippen LogP contribution in [0.15, 0.2) is 24.5 Å². The highest BCUT2D eigenvalue weighted by Gasteiger charge is 2.12. The summed E-state index contributed by atoms with van der Waals surface area (Å²) in [6, 6.07) is 2.88. The van der Waals surface area contributed by atoms with Crippen molar-refractivity contribution >= 4 is 52.2 Å². The number of halogens is 3. The van der Waals surface area contributed by atoms with Gasteiger partial charge < -0.3 is 11.1 Å². The lowest BCUT2D eigenvalue weighted by atomic mass is 10.3. The molecular weight excluding hydrogens is 311 g/mol. The highest BCUT2D eigenvalue weighted by molar-refractivity contribution is 6.44. The fourth-order valence-corrected chi connectivity index (χ4v) is 1.89. The maximum absolute atomic E-state index is 11.9. The minimum atomic E-state index is -0.500. The fraction of sp³-hybridized carbons (Fsp3) is 0. The summed E-state index contributed by atoms with van der Waals surface area (Å²) in [6.07, 6.45) is 2.63. The van der Waals surface area contributed by atoms with Gasteiger partial charge in [-0.15, -0.1) is 0 Å². The van der Waals surface area contributed by atoms with Crippen LogP contribution in [-0.4, -0.2) is 15.9 Å². The van der Waals surface area contributed by atoms with E-state index >= 15 is 0 Å². The van der Waals surface area contributed by atoms with E-state index in [0.29, 0.717) is 10.7 Å². The van der Waals surface area contributed by atoms with E-state index in [4.69, 9.17) is 40.5 Å². The Morgan fingerprint density at radius 2 is 1.79 bits per heavy atom. The summed E-state index contributed by atoms with van der Waals surface area (Å²) in [5.74, 6) is -0.354. The zero-order valence-electron chi connectivity index (χ0n) is 9.32. The lowest BCUT2D eigenvalue weighted by molar-refractivity contribution is 0.102. The van der Waals surface area contributed by atoms with Crippen molar-refractivity contribution in [2.75, 3.05) is 11.1 Å². The van der Waals surface area contributed by atoms with Gasteiger partial charge in [-0.3, -0.25) is 9.78 Å². The van der Waals surface area contributed by atoms with Gasteiger partial charge in [-0.1, -0.05) is 34.8 Å². The number of carbonyl (C=O) groups is 1. The molecule has 5 nitrogen and oxygen atoms in total. The average Bonchev–Trinajstić information content (AvgIpc) is 2.36. The minimum Gasteiger partial charge on any atom is -0.382 e. The molecule has 0 fully saturated rings. The first-order valence-electron chi connectivity index (χ1n) is 5.01. The van der Waals surface area contributed by atoms with Crippen LogP contribution in [0.1, 0.15) is 10.5 Å². The molecule has 8 heteroatoms. The zero-order chi connectivity index (χ0) is 14.0. The van der Waals surface area contributed by atoms with Gasteiger partial charge in [0.05, 0.1) is 33.1 Å². The Hall–Kier alpha value is -1.56. The minimum absolute atomic E-state index is 0.0714. The largest absolute Gasteiger partial charge is 0.382 e. The first-order valence-corrected chi connectivity index (χ1v) is 6.14.